The molecule has 180 valence electrons. The maximum Gasteiger partial charge on any atom is 0.159 e. The lowest BCUT2D eigenvalue weighted by molar-refractivity contribution is 0.414. The molecule has 0 radical (unpaired) electrons. The minimum Gasteiger partial charge on any atom is -0.497 e. The quantitative estimate of drug-likeness (QED) is 0.363. The van der Waals surface area contributed by atoms with E-state index >= 15 is 0 Å². The highest BCUT2D eigenvalue weighted by Gasteiger charge is 2.30. The molecule has 3 N–H and O–H groups in total. The summed E-state index contributed by atoms with van der Waals surface area (Å²) < 4.78 is 35.2. The van der Waals surface area contributed by atoms with Gasteiger partial charge in [-0.15, -0.1) is 5.10 Å². The topological polar surface area (TPSA) is 80.7 Å². The van der Waals surface area contributed by atoms with E-state index in [1.54, 1.807) is 18.0 Å². The van der Waals surface area contributed by atoms with Gasteiger partial charge in [0.25, 0.3) is 0 Å². The Bertz CT molecular complexity index is 1390. The van der Waals surface area contributed by atoms with E-state index in [-0.39, 0.29) is 11.0 Å². The average Bonchev–Trinajstić information content (AvgIpc) is 3.48. The Hall–Kier alpha value is -3.79. The number of thiocarbonyl (C=S) groups is 1. The number of hydrogen-bond acceptors (Lipinski definition) is 6. The Labute approximate surface area is 206 Å². The molecule has 0 aliphatic carbocycles. The third-order valence-electron chi connectivity index (χ3n) is 6.24. The van der Waals surface area contributed by atoms with Crippen molar-refractivity contribution < 1.29 is 13.5 Å². The third-order valence-corrected chi connectivity index (χ3v) is 6.45. The summed E-state index contributed by atoms with van der Waals surface area (Å²) >= 11 is 5.35. The first kappa shape index (κ1) is 23.0. The number of fused-ring (bicyclic) bond motifs is 1. The maximum absolute atomic E-state index is 14.5. The minimum absolute atomic E-state index is 0.198. The number of rotatable bonds is 7. The summed E-state index contributed by atoms with van der Waals surface area (Å²) in [6, 6.07) is 12.8. The largest absolute Gasteiger partial charge is 0.497 e. The van der Waals surface area contributed by atoms with Gasteiger partial charge in [-0.25, -0.2) is 18.3 Å². The average molecular weight is 495 g/mol. The van der Waals surface area contributed by atoms with E-state index in [0.717, 1.165) is 23.8 Å². The van der Waals surface area contributed by atoms with Crippen LogP contribution in [0.5, 0.6) is 5.75 Å². The highest BCUT2D eigenvalue weighted by molar-refractivity contribution is 7.80. The van der Waals surface area contributed by atoms with Crippen LogP contribution in [0.4, 0.5) is 20.4 Å². The van der Waals surface area contributed by atoms with Crippen molar-refractivity contribution in [3.05, 3.63) is 83.2 Å². The summed E-state index contributed by atoms with van der Waals surface area (Å²) in [6.45, 7) is 1.18. The molecule has 35 heavy (non-hydrogen) atoms. The van der Waals surface area contributed by atoms with Crippen LogP contribution >= 0.6 is 12.2 Å². The first-order valence-electron chi connectivity index (χ1n) is 11.2. The molecule has 1 saturated heterocycles. The molecule has 2 aromatic carbocycles. The molecule has 0 bridgehead atoms. The molecule has 3 heterocycles. The number of nitrogens with zero attached hydrogens (tertiary/aromatic N) is 4. The Morgan fingerprint density at radius 1 is 1.20 bits per heavy atom. The number of hydrogen-bond donors (Lipinski definition) is 2. The van der Waals surface area contributed by atoms with E-state index in [0.29, 0.717) is 47.8 Å². The fraction of sp³-hybridized carbons (Fsp3) is 0.240. The number of nitrogens with two attached hydrogens (primary N) is 1. The van der Waals surface area contributed by atoms with Crippen molar-refractivity contribution in [2.75, 3.05) is 23.9 Å². The summed E-state index contributed by atoms with van der Waals surface area (Å²) in [5, 5.41) is 7.88. The molecule has 0 spiro atoms. The molecule has 2 aromatic heterocycles. The smallest absolute Gasteiger partial charge is 0.159 e. The number of nitrogens with one attached hydrogen (secondary N) is 1. The molecule has 1 aliphatic heterocycles. The van der Waals surface area contributed by atoms with Crippen LogP contribution in [0.3, 0.4) is 0 Å². The van der Waals surface area contributed by atoms with Crippen LogP contribution in [0.15, 0.2) is 54.9 Å². The lowest BCUT2D eigenvalue weighted by Gasteiger charge is -2.26. The first-order valence-corrected chi connectivity index (χ1v) is 11.6. The fourth-order valence-electron chi connectivity index (χ4n) is 4.53. The molecule has 7 nitrogen and oxygen atoms in total. The molecule has 1 fully saturated rings. The summed E-state index contributed by atoms with van der Waals surface area (Å²) in [6.07, 6.45) is 3.12. The van der Waals surface area contributed by atoms with Gasteiger partial charge in [0.15, 0.2) is 5.82 Å². The van der Waals surface area contributed by atoms with Gasteiger partial charge in [-0.2, -0.15) is 0 Å². The van der Waals surface area contributed by atoms with Gasteiger partial charge in [0.1, 0.15) is 34.5 Å². The normalized spacial score (nSPS) is 15.5. The standard InChI is InChI=1S/C25H24F2N6OS/c1-34-17-7-4-15(5-8-17)13-29-25-23(24(28)35)21-12-22(30-14-33(21)31-25)32-10-2-3-20(32)18-11-16(26)6-9-19(18)27/h4-9,11-12,14,20H,2-3,10,13H2,1H3,(H2,28,35)(H,29,31). The van der Waals surface area contributed by atoms with Crippen molar-refractivity contribution in [1.82, 2.24) is 14.6 Å². The van der Waals surface area contributed by atoms with Crippen molar-refractivity contribution in [1.29, 1.82) is 0 Å². The maximum atomic E-state index is 14.5. The zero-order chi connectivity index (χ0) is 24.5. The molecule has 0 amide bonds. The van der Waals surface area contributed by atoms with Crippen molar-refractivity contribution in [3.8, 4) is 5.75 Å². The van der Waals surface area contributed by atoms with Crippen LogP contribution in [-0.4, -0.2) is 33.2 Å². The van der Waals surface area contributed by atoms with Gasteiger partial charge in [-0.3, -0.25) is 0 Å². The fourth-order valence-corrected chi connectivity index (χ4v) is 4.74. The van der Waals surface area contributed by atoms with Crippen molar-refractivity contribution in [3.63, 3.8) is 0 Å². The number of methoxy groups -OCH3 is 1. The minimum atomic E-state index is -0.462. The molecule has 1 atom stereocenters. The molecular weight excluding hydrogens is 470 g/mol. The molecule has 1 unspecified atom stereocenters. The Balaban J connectivity index is 1.46. The number of aromatic nitrogens is 3. The van der Waals surface area contributed by atoms with E-state index in [2.05, 4.69) is 15.4 Å². The highest BCUT2D eigenvalue weighted by Crippen LogP contribution is 2.37. The van der Waals surface area contributed by atoms with Gasteiger partial charge in [-0.05, 0) is 48.7 Å². The summed E-state index contributed by atoms with van der Waals surface area (Å²) in [7, 11) is 1.62. The SMILES string of the molecule is COc1ccc(CNc2nn3cnc(N4CCCC4c4cc(F)ccc4F)cc3c2C(N)=S)cc1. The Morgan fingerprint density at radius 3 is 2.74 bits per heavy atom. The predicted octanol–water partition coefficient (Wildman–Crippen LogP) is 4.60. The first-order chi connectivity index (χ1) is 16.9. The van der Waals surface area contributed by atoms with Gasteiger partial charge in [0.2, 0.25) is 0 Å². The van der Waals surface area contributed by atoms with Crippen LogP contribution in [0.25, 0.3) is 5.52 Å². The summed E-state index contributed by atoms with van der Waals surface area (Å²) in [5.41, 5.74) is 8.74. The van der Waals surface area contributed by atoms with Crippen LogP contribution in [0.1, 0.15) is 35.6 Å². The zero-order valence-electron chi connectivity index (χ0n) is 19.0. The monoisotopic (exact) mass is 494 g/mol. The molecule has 5 rings (SSSR count). The Kier molecular flexibility index (Phi) is 6.21. The lowest BCUT2D eigenvalue weighted by atomic mass is 10.0. The molecule has 0 saturated carbocycles. The van der Waals surface area contributed by atoms with E-state index in [1.165, 1.54) is 12.1 Å². The van der Waals surface area contributed by atoms with Crippen LogP contribution < -0.4 is 20.7 Å². The van der Waals surface area contributed by atoms with Crippen molar-refractivity contribution in [2.45, 2.75) is 25.4 Å². The zero-order valence-corrected chi connectivity index (χ0v) is 19.9. The second-order valence-corrected chi connectivity index (χ2v) is 8.82. The number of halogens is 2. The second-order valence-electron chi connectivity index (χ2n) is 8.38. The van der Waals surface area contributed by atoms with E-state index in [4.69, 9.17) is 22.7 Å². The van der Waals surface area contributed by atoms with Gasteiger partial charge in [0.05, 0.1) is 24.2 Å². The van der Waals surface area contributed by atoms with Gasteiger partial charge < -0.3 is 20.7 Å². The molecule has 10 heteroatoms. The number of ether oxygens (including phenoxy) is 1. The van der Waals surface area contributed by atoms with Crippen LogP contribution in [0, 0.1) is 11.6 Å². The van der Waals surface area contributed by atoms with Crippen LogP contribution in [0.2, 0.25) is 0 Å². The number of anilines is 2. The van der Waals surface area contributed by atoms with E-state index in [1.807, 2.05) is 35.2 Å². The summed E-state index contributed by atoms with van der Waals surface area (Å²) in [5.74, 6) is 1.06. The van der Waals surface area contributed by atoms with E-state index in [9.17, 15) is 8.78 Å². The van der Waals surface area contributed by atoms with Gasteiger partial charge >= 0.3 is 0 Å². The van der Waals surface area contributed by atoms with Crippen LogP contribution in [-0.2, 0) is 6.54 Å². The van der Waals surface area contributed by atoms with Gasteiger partial charge in [-0.1, -0.05) is 24.4 Å². The lowest BCUT2D eigenvalue weighted by Crippen LogP contribution is -2.24. The van der Waals surface area contributed by atoms with Crippen molar-refractivity contribution >= 4 is 34.4 Å². The highest BCUT2D eigenvalue weighted by atomic mass is 32.1. The molecule has 4 aromatic rings. The second kappa shape index (κ2) is 9.46. The third kappa shape index (κ3) is 4.49. The molecule has 1 aliphatic rings. The van der Waals surface area contributed by atoms with Crippen molar-refractivity contribution in [2.24, 2.45) is 5.73 Å². The number of benzene rings is 2. The molecular formula is C25H24F2N6OS. The van der Waals surface area contributed by atoms with E-state index < -0.39 is 11.6 Å². The summed E-state index contributed by atoms with van der Waals surface area (Å²) in [4.78, 5) is 6.73. The van der Waals surface area contributed by atoms with Gasteiger partial charge in [0, 0.05) is 24.7 Å². The predicted molar refractivity (Wildman–Crippen MR) is 135 cm³/mol. The Morgan fingerprint density at radius 2 is 2.00 bits per heavy atom.